The summed E-state index contributed by atoms with van der Waals surface area (Å²) >= 11 is 0. The summed E-state index contributed by atoms with van der Waals surface area (Å²) in [6.07, 6.45) is 0. The second-order valence-electron chi connectivity index (χ2n) is 3.92. The highest BCUT2D eigenvalue weighted by molar-refractivity contribution is 7.92. The summed E-state index contributed by atoms with van der Waals surface area (Å²) in [5.41, 5.74) is 1.29. The number of rotatable bonds is 5. The average molecular weight is 271 g/mol. The molecule has 0 unspecified atom stereocenters. The fourth-order valence-electron chi connectivity index (χ4n) is 1.72. The number of aliphatic hydroxyl groups excluding tert-OH is 1. The molecule has 1 rings (SSSR count). The topological polar surface area (TPSA) is 87.0 Å². The van der Waals surface area contributed by atoms with Crippen LogP contribution in [0, 0.1) is 6.92 Å². The summed E-state index contributed by atoms with van der Waals surface area (Å²) in [4.78, 5) is 0. The Balaban J connectivity index is 3.31. The molecule has 0 radical (unpaired) electrons. The number of hydrogen-bond donors (Lipinski definition) is 2. The van der Waals surface area contributed by atoms with Gasteiger partial charge < -0.3 is 10.3 Å². The summed E-state index contributed by atoms with van der Waals surface area (Å²) < 4.78 is 23.7. The average Bonchev–Trinajstić information content (AvgIpc) is 2.36. The van der Waals surface area contributed by atoms with Crippen molar-refractivity contribution in [2.75, 3.05) is 12.4 Å². The maximum absolute atomic E-state index is 11.9. The van der Waals surface area contributed by atoms with Crippen molar-refractivity contribution in [2.45, 2.75) is 19.1 Å². The number of aliphatic hydroxyl groups is 1. The third-order valence-corrected chi connectivity index (χ3v) is 4.88. The van der Waals surface area contributed by atoms with Crippen LogP contribution in [0.15, 0.2) is 29.4 Å². The molecule has 0 heterocycles. The zero-order chi connectivity index (χ0) is 13.8. The molecule has 0 aliphatic heterocycles. The molecule has 0 aromatic heterocycles. The van der Waals surface area contributed by atoms with Gasteiger partial charge in [-0.05, 0) is 12.5 Å². The van der Waals surface area contributed by atoms with E-state index in [1.54, 1.807) is 31.2 Å². The Morgan fingerprint density at radius 2 is 2.00 bits per heavy atom. The van der Waals surface area contributed by atoms with Gasteiger partial charge in [0.05, 0.1) is 6.61 Å². The lowest BCUT2D eigenvalue weighted by Gasteiger charge is -2.17. The van der Waals surface area contributed by atoms with Crippen LogP contribution in [0.4, 0.5) is 0 Å². The SMILES string of the molecule is CCS(=O)(=O)[C@H](CO)/C(=N\O)c1ccccc1C. The van der Waals surface area contributed by atoms with Crippen LogP contribution in [-0.2, 0) is 9.84 Å². The van der Waals surface area contributed by atoms with Gasteiger partial charge in [-0.25, -0.2) is 8.42 Å². The molecule has 5 nitrogen and oxygen atoms in total. The number of sulfone groups is 1. The van der Waals surface area contributed by atoms with Crippen molar-refractivity contribution in [3.8, 4) is 0 Å². The minimum atomic E-state index is -3.53. The molecule has 1 atom stereocenters. The normalized spacial score (nSPS) is 14.5. The van der Waals surface area contributed by atoms with E-state index in [1.165, 1.54) is 6.92 Å². The standard InChI is InChI=1S/C12H17NO4S/c1-3-18(16,17)11(8-14)12(13-15)10-7-5-4-6-9(10)2/h4-7,11,14-15H,3,8H2,1-2H3/b13-12-/t11-/m1/s1. The van der Waals surface area contributed by atoms with Crippen LogP contribution in [0.2, 0.25) is 0 Å². The van der Waals surface area contributed by atoms with E-state index < -0.39 is 21.7 Å². The number of aryl methyl sites for hydroxylation is 1. The van der Waals surface area contributed by atoms with Gasteiger partial charge >= 0.3 is 0 Å². The Hall–Kier alpha value is -1.40. The molecule has 0 spiro atoms. The van der Waals surface area contributed by atoms with E-state index in [2.05, 4.69) is 5.16 Å². The number of benzene rings is 1. The zero-order valence-corrected chi connectivity index (χ0v) is 11.2. The molecule has 0 bridgehead atoms. The first-order valence-corrected chi connectivity index (χ1v) is 7.29. The van der Waals surface area contributed by atoms with Gasteiger partial charge in [-0.1, -0.05) is 36.3 Å². The van der Waals surface area contributed by atoms with Gasteiger partial charge in [0.25, 0.3) is 0 Å². The molecule has 6 heteroatoms. The second kappa shape index (κ2) is 5.97. The molecule has 0 saturated carbocycles. The first-order chi connectivity index (χ1) is 8.47. The Kier molecular flexibility index (Phi) is 4.86. The van der Waals surface area contributed by atoms with E-state index in [0.717, 1.165) is 5.56 Å². The highest BCUT2D eigenvalue weighted by atomic mass is 32.2. The number of hydrogen-bond acceptors (Lipinski definition) is 5. The lowest BCUT2D eigenvalue weighted by Crippen LogP contribution is -2.36. The van der Waals surface area contributed by atoms with E-state index in [0.29, 0.717) is 5.56 Å². The van der Waals surface area contributed by atoms with Gasteiger partial charge in [0, 0.05) is 11.3 Å². The lowest BCUT2D eigenvalue weighted by molar-refractivity contribution is 0.296. The van der Waals surface area contributed by atoms with Gasteiger partial charge in [0.2, 0.25) is 0 Å². The molecule has 1 aromatic carbocycles. The quantitative estimate of drug-likeness (QED) is 0.474. The molecular formula is C12H17NO4S. The van der Waals surface area contributed by atoms with Crippen molar-refractivity contribution < 1.29 is 18.7 Å². The largest absolute Gasteiger partial charge is 0.411 e. The highest BCUT2D eigenvalue weighted by Gasteiger charge is 2.30. The Morgan fingerprint density at radius 1 is 1.39 bits per heavy atom. The number of nitrogens with zero attached hydrogens (tertiary/aromatic N) is 1. The minimum absolute atomic E-state index is 0.0162. The van der Waals surface area contributed by atoms with Crippen LogP contribution in [0.5, 0.6) is 0 Å². The predicted octanol–water partition coefficient (Wildman–Crippen LogP) is 0.969. The molecule has 0 aliphatic carbocycles. The van der Waals surface area contributed by atoms with Crippen molar-refractivity contribution in [1.29, 1.82) is 0 Å². The molecule has 0 amide bonds. The van der Waals surface area contributed by atoms with E-state index in [9.17, 15) is 13.5 Å². The van der Waals surface area contributed by atoms with Gasteiger partial charge in [-0.15, -0.1) is 0 Å². The third-order valence-electron chi connectivity index (χ3n) is 2.84. The molecule has 0 fully saturated rings. The van der Waals surface area contributed by atoms with Crippen molar-refractivity contribution in [3.05, 3.63) is 35.4 Å². The summed E-state index contributed by atoms with van der Waals surface area (Å²) in [5.74, 6) is -0.122. The van der Waals surface area contributed by atoms with Crippen molar-refractivity contribution >= 4 is 15.5 Å². The van der Waals surface area contributed by atoms with Crippen LogP contribution in [-0.4, -0.2) is 42.1 Å². The molecule has 100 valence electrons. The Labute approximate surface area is 107 Å². The molecule has 0 saturated heterocycles. The van der Waals surface area contributed by atoms with E-state index in [1.807, 2.05) is 0 Å². The van der Waals surface area contributed by atoms with Crippen LogP contribution in [0.3, 0.4) is 0 Å². The van der Waals surface area contributed by atoms with E-state index in [4.69, 9.17) is 5.21 Å². The summed E-state index contributed by atoms with van der Waals surface area (Å²) in [7, 11) is -3.53. The number of oxime groups is 1. The molecule has 18 heavy (non-hydrogen) atoms. The Bertz CT molecular complexity index is 537. The zero-order valence-electron chi connectivity index (χ0n) is 10.4. The van der Waals surface area contributed by atoms with Crippen molar-refractivity contribution in [1.82, 2.24) is 0 Å². The van der Waals surface area contributed by atoms with Gasteiger partial charge in [-0.3, -0.25) is 0 Å². The Morgan fingerprint density at radius 3 is 2.44 bits per heavy atom. The molecule has 2 N–H and O–H groups in total. The monoisotopic (exact) mass is 271 g/mol. The third kappa shape index (κ3) is 2.88. The van der Waals surface area contributed by atoms with Crippen molar-refractivity contribution in [2.24, 2.45) is 5.16 Å². The van der Waals surface area contributed by atoms with Crippen molar-refractivity contribution in [3.63, 3.8) is 0 Å². The fraction of sp³-hybridized carbons (Fsp3) is 0.417. The van der Waals surface area contributed by atoms with Crippen LogP contribution in [0.25, 0.3) is 0 Å². The van der Waals surface area contributed by atoms with Crippen LogP contribution in [0.1, 0.15) is 18.1 Å². The van der Waals surface area contributed by atoms with E-state index in [-0.39, 0.29) is 11.5 Å². The fourth-order valence-corrected chi connectivity index (χ4v) is 2.87. The minimum Gasteiger partial charge on any atom is -0.411 e. The first-order valence-electron chi connectivity index (χ1n) is 5.58. The van der Waals surface area contributed by atoms with Crippen LogP contribution >= 0.6 is 0 Å². The van der Waals surface area contributed by atoms with E-state index >= 15 is 0 Å². The molecule has 0 aliphatic rings. The lowest BCUT2D eigenvalue weighted by atomic mass is 10.0. The van der Waals surface area contributed by atoms with Gasteiger partial charge in [0.1, 0.15) is 11.0 Å². The summed E-state index contributed by atoms with van der Waals surface area (Å²) in [5, 5.41) is 20.2. The van der Waals surface area contributed by atoms with Gasteiger partial charge in [0.15, 0.2) is 9.84 Å². The summed E-state index contributed by atoms with van der Waals surface area (Å²) in [6, 6.07) is 6.97. The maximum atomic E-state index is 11.9. The first kappa shape index (κ1) is 14.7. The van der Waals surface area contributed by atoms with Crippen LogP contribution < -0.4 is 0 Å². The highest BCUT2D eigenvalue weighted by Crippen LogP contribution is 2.16. The molecule has 1 aromatic rings. The smallest absolute Gasteiger partial charge is 0.161 e. The molecular weight excluding hydrogens is 254 g/mol. The second-order valence-corrected chi connectivity index (χ2v) is 6.40. The summed E-state index contributed by atoms with van der Waals surface area (Å²) in [6.45, 7) is 2.67. The maximum Gasteiger partial charge on any atom is 0.161 e. The van der Waals surface area contributed by atoms with Gasteiger partial charge in [-0.2, -0.15) is 0 Å². The predicted molar refractivity (Wildman–Crippen MR) is 69.8 cm³/mol.